The standard InChI is InChI=1S/C24H31N3O/c1-17(9-12-25)27-13-10-18(11-14-27)19-7-8-22-20(15-19)16-23(26-22)21-5-3-4-6-24(21)28-2/h3-8,15-18,26H,9-14,25H2,1-2H3. The number of hydrogen-bond acceptors (Lipinski definition) is 3. The summed E-state index contributed by atoms with van der Waals surface area (Å²) >= 11 is 0. The van der Waals surface area contributed by atoms with E-state index in [9.17, 15) is 0 Å². The number of methoxy groups -OCH3 is 1. The minimum atomic E-state index is 0.599. The van der Waals surface area contributed by atoms with Crippen LogP contribution in [-0.4, -0.2) is 42.7 Å². The zero-order valence-electron chi connectivity index (χ0n) is 16.9. The van der Waals surface area contributed by atoms with E-state index in [1.54, 1.807) is 7.11 Å². The maximum Gasteiger partial charge on any atom is 0.128 e. The second-order valence-corrected chi connectivity index (χ2v) is 7.97. The molecule has 3 aromatic rings. The number of aromatic amines is 1. The number of ether oxygens (including phenoxy) is 1. The molecule has 1 aromatic heterocycles. The third-order valence-corrected chi connectivity index (χ3v) is 6.25. The number of nitrogens with one attached hydrogen (secondary N) is 1. The lowest BCUT2D eigenvalue weighted by Crippen LogP contribution is -2.40. The Kier molecular flexibility index (Phi) is 5.69. The Bertz CT molecular complexity index is 924. The van der Waals surface area contributed by atoms with Gasteiger partial charge in [-0.2, -0.15) is 0 Å². The lowest BCUT2D eigenvalue weighted by molar-refractivity contribution is 0.156. The van der Waals surface area contributed by atoms with E-state index in [0.29, 0.717) is 12.0 Å². The summed E-state index contributed by atoms with van der Waals surface area (Å²) in [5.41, 5.74) is 10.6. The molecule has 3 N–H and O–H groups in total. The van der Waals surface area contributed by atoms with Crippen molar-refractivity contribution in [3.63, 3.8) is 0 Å². The van der Waals surface area contributed by atoms with Gasteiger partial charge in [0.1, 0.15) is 5.75 Å². The Morgan fingerprint density at radius 1 is 1.14 bits per heavy atom. The van der Waals surface area contributed by atoms with Crippen LogP contribution in [0, 0.1) is 0 Å². The first-order valence-corrected chi connectivity index (χ1v) is 10.4. The number of benzene rings is 2. The summed E-state index contributed by atoms with van der Waals surface area (Å²) in [6, 6.07) is 17.9. The Balaban J connectivity index is 1.53. The third-order valence-electron chi connectivity index (χ3n) is 6.25. The fourth-order valence-corrected chi connectivity index (χ4v) is 4.51. The number of piperidine rings is 1. The van der Waals surface area contributed by atoms with Crippen molar-refractivity contribution in [3.8, 4) is 17.0 Å². The highest BCUT2D eigenvalue weighted by Gasteiger charge is 2.23. The number of hydrogen-bond donors (Lipinski definition) is 2. The van der Waals surface area contributed by atoms with E-state index in [4.69, 9.17) is 10.5 Å². The van der Waals surface area contributed by atoms with Gasteiger partial charge in [0, 0.05) is 22.5 Å². The lowest BCUT2D eigenvalue weighted by atomic mass is 9.88. The van der Waals surface area contributed by atoms with Gasteiger partial charge >= 0.3 is 0 Å². The Labute approximate surface area is 167 Å². The highest BCUT2D eigenvalue weighted by Crippen LogP contribution is 2.34. The number of nitrogens with two attached hydrogens (primary N) is 1. The molecule has 28 heavy (non-hydrogen) atoms. The third kappa shape index (κ3) is 3.80. The van der Waals surface area contributed by atoms with Crippen LogP contribution in [-0.2, 0) is 0 Å². The number of likely N-dealkylation sites (tertiary alicyclic amines) is 1. The van der Waals surface area contributed by atoms with Crippen LogP contribution in [0.3, 0.4) is 0 Å². The van der Waals surface area contributed by atoms with Gasteiger partial charge in [0.15, 0.2) is 0 Å². The molecular formula is C24H31N3O. The molecule has 1 saturated heterocycles. The molecular weight excluding hydrogens is 346 g/mol. The van der Waals surface area contributed by atoms with Crippen LogP contribution in [0.1, 0.15) is 37.7 Å². The topological polar surface area (TPSA) is 54.3 Å². The second-order valence-electron chi connectivity index (χ2n) is 7.97. The van der Waals surface area contributed by atoms with Gasteiger partial charge in [-0.05, 0) is 87.6 Å². The minimum absolute atomic E-state index is 0.599. The predicted octanol–water partition coefficient (Wildman–Crippen LogP) is 4.76. The van der Waals surface area contributed by atoms with Crippen LogP contribution in [0.25, 0.3) is 22.2 Å². The summed E-state index contributed by atoms with van der Waals surface area (Å²) in [7, 11) is 1.72. The molecule has 1 atom stereocenters. The molecule has 148 valence electrons. The van der Waals surface area contributed by atoms with E-state index in [0.717, 1.165) is 30.0 Å². The second kappa shape index (κ2) is 8.38. The Hall–Kier alpha value is -2.30. The van der Waals surface area contributed by atoms with Crippen molar-refractivity contribution in [3.05, 3.63) is 54.1 Å². The van der Waals surface area contributed by atoms with E-state index in [1.165, 1.54) is 42.4 Å². The van der Waals surface area contributed by atoms with Crippen molar-refractivity contribution in [2.45, 2.75) is 38.1 Å². The van der Waals surface area contributed by atoms with E-state index < -0.39 is 0 Å². The van der Waals surface area contributed by atoms with Gasteiger partial charge in [-0.25, -0.2) is 0 Å². The lowest BCUT2D eigenvalue weighted by Gasteiger charge is -2.36. The molecule has 0 spiro atoms. The van der Waals surface area contributed by atoms with Crippen molar-refractivity contribution in [2.75, 3.05) is 26.7 Å². The van der Waals surface area contributed by atoms with Gasteiger partial charge in [-0.15, -0.1) is 0 Å². The summed E-state index contributed by atoms with van der Waals surface area (Å²) in [6.07, 6.45) is 3.54. The fourth-order valence-electron chi connectivity index (χ4n) is 4.51. The average Bonchev–Trinajstić information content (AvgIpc) is 3.17. The highest BCUT2D eigenvalue weighted by molar-refractivity contribution is 5.87. The molecule has 4 nitrogen and oxygen atoms in total. The van der Waals surface area contributed by atoms with Gasteiger partial charge in [0.05, 0.1) is 12.8 Å². The van der Waals surface area contributed by atoms with E-state index in [-0.39, 0.29) is 0 Å². The molecule has 1 fully saturated rings. The fraction of sp³-hybridized carbons (Fsp3) is 0.417. The molecule has 4 heteroatoms. The van der Waals surface area contributed by atoms with Gasteiger partial charge in [0.2, 0.25) is 0 Å². The first kappa shape index (κ1) is 19.0. The molecule has 0 radical (unpaired) electrons. The summed E-state index contributed by atoms with van der Waals surface area (Å²) in [5, 5.41) is 1.28. The van der Waals surface area contributed by atoms with Crippen LogP contribution >= 0.6 is 0 Å². The maximum absolute atomic E-state index is 5.73. The number of para-hydroxylation sites is 1. The molecule has 0 bridgehead atoms. The van der Waals surface area contributed by atoms with E-state index >= 15 is 0 Å². The average molecular weight is 378 g/mol. The maximum atomic E-state index is 5.73. The van der Waals surface area contributed by atoms with Crippen molar-refractivity contribution < 1.29 is 4.74 Å². The molecule has 2 heterocycles. The van der Waals surface area contributed by atoms with Gasteiger partial charge in [-0.3, -0.25) is 0 Å². The Morgan fingerprint density at radius 3 is 2.68 bits per heavy atom. The molecule has 0 amide bonds. The zero-order valence-corrected chi connectivity index (χ0v) is 16.9. The van der Waals surface area contributed by atoms with E-state index in [2.05, 4.69) is 47.1 Å². The molecule has 1 unspecified atom stereocenters. The monoisotopic (exact) mass is 377 g/mol. The van der Waals surface area contributed by atoms with Gasteiger partial charge in [-0.1, -0.05) is 18.2 Å². The summed E-state index contributed by atoms with van der Waals surface area (Å²) in [4.78, 5) is 6.15. The molecule has 0 saturated carbocycles. The molecule has 4 rings (SSSR count). The van der Waals surface area contributed by atoms with Crippen molar-refractivity contribution in [2.24, 2.45) is 5.73 Å². The number of fused-ring (bicyclic) bond motifs is 1. The zero-order chi connectivity index (χ0) is 19.5. The molecule has 1 aliphatic rings. The number of rotatable bonds is 6. The van der Waals surface area contributed by atoms with Crippen LogP contribution in [0.5, 0.6) is 5.75 Å². The molecule has 0 aliphatic carbocycles. The largest absolute Gasteiger partial charge is 0.496 e. The first-order chi connectivity index (χ1) is 13.7. The number of H-pyrrole nitrogens is 1. The van der Waals surface area contributed by atoms with Crippen molar-refractivity contribution >= 4 is 10.9 Å². The van der Waals surface area contributed by atoms with Gasteiger partial charge < -0.3 is 20.4 Å². The normalized spacial score (nSPS) is 17.1. The first-order valence-electron chi connectivity index (χ1n) is 10.4. The van der Waals surface area contributed by atoms with Gasteiger partial charge in [0.25, 0.3) is 0 Å². The summed E-state index contributed by atoms with van der Waals surface area (Å²) < 4.78 is 5.53. The highest BCUT2D eigenvalue weighted by atomic mass is 16.5. The molecule has 1 aliphatic heterocycles. The van der Waals surface area contributed by atoms with Crippen LogP contribution < -0.4 is 10.5 Å². The predicted molar refractivity (Wildman–Crippen MR) is 117 cm³/mol. The Morgan fingerprint density at radius 2 is 1.93 bits per heavy atom. The van der Waals surface area contributed by atoms with Crippen LogP contribution in [0.2, 0.25) is 0 Å². The number of nitrogens with zero attached hydrogens (tertiary/aromatic N) is 1. The SMILES string of the molecule is COc1ccccc1-c1cc2cc(C3CCN(C(C)CCN)CC3)ccc2[nH]1. The van der Waals surface area contributed by atoms with Crippen LogP contribution in [0.15, 0.2) is 48.5 Å². The quantitative estimate of drug-likeness (QED) is 0.651. The minimum Gasteiger partial charge on any atom is -0.496 e. The summed E-state index contributed by atoms with van der Waals surface area (Å²) in [6.45, 7) is 5.42. The van der Waals surface area contributed by atoms with Crippen LogP contribution in [0.4, 0.5) is 0 Å². The molecule has 2 aromatic carbocycles. The summed E-state index contributed by atoms with van der Waals surface area (Å²) in [5.74, 6) is 1.54. The number of aromatic nitrogens is 1. The van der Waals surface area contributed by atoms with Crippen molar-refractivity contribution in [1.29, 1.82) is 0 Å². The van der Waals surface area contributed by atoms with Crippen molar-refractivity contribution in [1.82, 2.24) is 9.88 Å². The van der Waals surface area contributed by atoms with E-state index in [1.807, 2.05) is 18.2 Å². The smallest absolute Gasteiger partial charge is 0.128 e.